The molecule has 0 bridgehead atoms. The molecular weight excluding hydrogens is 232 g/mol. The fourth-order valence-electron chi connectivity index (χ4n) is 1.49. The van der Waals surface area contributed by atoms with Gasteiger partial charge in [-0.25, -0.2) is 0 Å². The van der Waals surface area contributed by atoms with Gasteiger partial charge in [0.05, 0.1) is 12.2 Å². The third kappa shape index (κ3) is 10.1. The summed E-state index contributed by atoms with van der Waals surface area (Å²) in [6.07, 6.45) is 9.21. The van der Waals surface area contributed by atoms with Gasteiger partial charge in [-0.15, -0.1) is 0 Å². The molecular formula is C14H24O4. The third-order valence-corrected chi connectivity index (χ3v) is 2.55. The summed E-state index contributed by atoms with van der Waals surface area (Å²) < 4.78 is 0. The summed E-state index contributed by atoms with van der Waals surface area (Å²) in [4.78, 5) is 10.3. The maximum atomic E-state index is 10.3. The van der Waals surface area contributed by atoms with Crippen molar-refractivity contribution in [1.82, 2.24) is 0 Å². The average Bonchev–Trinajstić information content (AvgIpc) is 2.32. The lowest BCUT2D eigenvalue weighted by atomic mass is 10.0. The second-order valence-electron chi connectivity index (χ2n) is 4.24. The van der Waals surface area contributed by atoms with E-state index in [-0.39, 0.29) is 6.42 Å². The van der Waals surface area contributed by atoms with Gasteiger partial charge in [-0.3, -0.25) is 4.79 Å². The number of aliphatic hydroxyl groups is 2. The van der Waals surface area contributed by atoms with E-state index >= 15 is 0 Å². The Balaban J connectivity index is 3.69. The van der Waals surface area contributed by atoms with Gasteiger partial charge in [-0.2, -0.15) is 0 Å². The predicted octanol–water partition coefficient (Wildman–Crippen LogP) is 2.27. The first-order valence-corrected chi connectivity index (χ1v) is 6.45. The van der Waals surface area contributed by atoms with Gasteiger partial charge in [-0.05, 0) is 32.1 Å². The fraction of sp³-hybridized carbons (Fsp3) is 0.643. The van der Waals surface area contributed by atoms with Crippen LogP contribution in [0.1, 0.15) is 45.4 Å². The zero-order valence-electron chi connectivity index (χ0n) is 11.0. The summed E-state index contributed by atoms with van der Waals surface area (Å²) in [5.74, 6) is -0.876. The first-order chi connectivity index (χ1) is 8.57. The molecule has 4 nitrogen and oxygen atoms in total. The van der Waals surface area contributed by atoms with Crippen LogP contribution in [0.5, 0.6) is 0 Å². The summed E-state index contributed by atoms with van der Waals surface area (Å²) >= 11 is 0. The highest BCUT2D eigenvalue weighted by Crippen LogP contribution is 2.08. The zero-order chi connectivity index (χ0) is 13.8. The Bertz CT molecular complexity index is 271. The number of carboxylic acid groups (broad SMARTS) is 1. The van der Waals surface area contributed by atoms with Crippen molar-refractivity contribution >= 4 is 5.97 Å². The van der Waals surface area contributed by atoms with Crippen LogP contribution in [0, 0.1) is 0 Å². The van der Waals surface area contributed by atoms with Crippen LogP contribution < -0.4 is 0 Å². The second kappa shape index (κ2) is 11.0. The van der Waals surface area contributed by atoms with Crippen LogP contribution in [0.3, 0.4) is 0 Å². The largest absolute Gasteiger partial charge is 0.481 e. The molecule has 4 heteroatoms. The maximum Gasteiger partial charge on any atom is 0.303 e. The van der Waals surface area contributed by atoms with E-state index in [1.165, 1.54) is 0 Å². The lowest BCUT2D eigenvalue weighted by Gasteiger charge is -2.15. The molecule has 3 N–H and O–H groups in total. The van der Waals surface area contributed by atoms with Crippen LogP contribution in [-0.4, -0.2) is 33.5 Å². The normalized spacial score (nSPS) is 15.3. The van der Waals surface area contributed by atoms with Gasteiger partial charge in [0.25, 0.3) is 0 Å². The smallest absolute Gasteiger partial charge is 0.303 e. The summed E-state index contributed by atoms with van der Waals surface area (Å²) in [6, 6.07) is 0. The van der Waals surface area contributed by atoms with Crippen molar-refractivity contribution < 1.29 is 20.1 Å². The molecule has 0 aliphatic carbocycles. The fourth-order valence-corrected chi connectivity index (χ4v) is 1.49. The summed E-state index contributed by atoms with van der Waals surface area (Å²) in [5.41, 5.74) is 0. The molecule has 0 aromatic carbocycles. The van der Waals surface area contributed by atoms with E-state index < -0.39 is 18.2 Å². The Morgan fingerprint density at radius 3 is 2.39 bits per heavy atom. The Morgan fingerprint density at radius 1 is 1.11 bits per heavy atom. The summed E-state index contributed by atoms with van der Waals surface area (Å²) in [5, 5.41) is 27.6. The van der Waals surface area contributed by atoms with Crippen LogP contribution in [0.25, 0.3) is 0 Å². The van der Waals surface area contributed by atoms with Gasteiger partial charge < -0.3 is 15.3 Å². The van der Waals surface area contributed by atoms with Crippen LogP contribution >= 0.6 is 0 Å². The van der Waals surface area contributed by atoms with Crippen molar-refractivity contribution in [3.8, 4) is 0 Å². The highest BCUT2D eigenvalue weighted by molar-refractivity contribution is 5.66. The quantitative estimate of drug-likeness (QED) is 0.524. The zero-order valence-corrected chi connectivity index (χ0v) is 11.0. The molecule has 0 aliphatic heterocycles. The third-order valence-electron chi connectivity index (χ3n) is 2.55. The minimum Gasteiger partial charge on any atom is -0.481 e. The molecule has 0 saturated carbocycles. The van der Waals surface area contributed by atoms with Crippen molar-refractivity contribution in [3.05, 3.63) is 24.3 Å². The molecule has 0 aromatic heterocycles. The van der Waals surface area contributed by atoms with Crippen molar-refractivity contribution in [2.45, 2.75) is 57.7 Å². The number of allylic oxidation sites excluding steroid dienone is 3. The van der Waals surface area contributed by atoms with E-state index in [9.17, 15) is 15.0 Å². The molecule has 0 fully saturated rings. The van der Waals surface area contributed by atoms with Gasteiger partial charge in [0.1, 0.15) is 0 Å². The van der Waals surface area contributed by atoms with Gasteiger partial charge in [0.2, 0.25) is 0 Å². The van der Waals surface area contributed by atoms with Gasteiger partial charge in [0.15, 0.2) is 0 Å². The molecule has 0 heterocycles. The lowest BCUT2D eigenvalue weighted by Crippen LogP contribution is -2.25. The van der Waals surface area contributed by atoms with Gasteiger partial charge in [0, 0.05) is 6.42 Å². The SMILES string of the molecule is CC/C=C\C/C=C\CC(O)C(O)CCCC(=O)O. The van der Waals surface area contributed by atoms with E-state index in [2.05, 4.69) is 13.0 Å². The molecule has 0 aliphatic rings. The van der Waals surface area contributed by atoms with Crippen LogP contribution in [0.2, 0.25) is 0 Å². The van der Waals surface area contributed by atoms with E-state index in [1.54, 1.807) is 0 Å². The predicted molar refractivity (Wildman–Crippen MR) is 71.3 cm³/mol. The van der Waals surface area contributed by atoms with Crippen LogP contribution in [-0.2, 0) is 4.79 Å². The molecule has 0 amide bonds. The molecule has 0 spiro atoms. The average molecular weight is 256 g/mol. The lowest BCUT2D eigenvalue weighted by molar-refractivity contribution is -0.137. The first-order valence-electron chi connectivity index (χ1n) is 6.45. The standard InChI is InChI=1S/C14H24O4/c1-2-3-4-5-6-7-9-12(15)13(16)10-8-11-14(17)18/h3-4,6-7,12-13,15-16H,2,5,8-11H2,1H3,(H,17,18)/b4-3-,7-6-. The highest BCUT2D eigenvalue weighted by atomic mass is 16.4. The molecule has 0 aromatic rings. The van der Waals surface area contributed by atoms with Crippen molar-refractivity contribution in [1.29, 1.82) is 0 Å². The minimum absolute atomic E-state index is 0.0292. The number of rotatable bonds is 10. The maximum absolute atomic E-state index is 10.3. The molecule has 0 saturated heterocycles. The van der Waals surface area contributed by atoms with E-state index in [1.807, 2.05) is 18.2 Å². The van der Waals surface area contributed by atoms with Crippen molar-refractivity contribution in [3.63, 3.8) is 0 Å². The van der Waals surface area contributed by atoms with Gasteiger partial charge >= 0.3 is 5.97 Å². The Labute approximate surface area is 109 Å². The summed E-state index contributed by atoms with van der Waals surface area (Å²) in [7, 11) is 0. The Morgan fingerprint density at radius 2 is 1.78 bits per heavy atom. The second-order valence-corrected chi connectivity index (χ2v) is 4.24. The number of hydrogen-bond donors (Lipinski definition) is 3. The van der Waals surface area contributed by atoms with Crippen LogP contribution in [0.4, 0.5) is 0 Å². The van der Waals surface area contributed by atoms with Crippen molar-refractivity contribution in [2.24, 2.45) is 0 Å². The molecule has 18 heavy (non-hydrogen) atoms. The van der Waals surface area contributed by atoms with Crippen LogP contribution in [0.15, 0.2) is 24.3 Å². The monoisotopic (exact) mass is 256 g/mol. The number of carboxylic acids is 1. The van der Waals surface area contributed by atoms with Crippen molar-refractivity contribution in [2.75, 3.05) is 0 Å². The molecule has 104 valence electrons. The number of carbonyl (C=O) groups is 1. The summed E-state index contributed by atoms with van der Waals surface area (Å²) in [6.45, 7) is 2.07. The topological polar surface area (TPSA) is 77.8 Å². The minimum atomic E-state index is -0.876. The van der Waals surface area contributed by atoms with Gasteiger partial charge in [-0.1, -0.05) is 31.2 Å². The molecule has 2 unspecified atom stereocenters. The van der Waals surface area contributed by atoms with E-state index in [0.29, 0.717) is 19.3 Å². The number of aliphatic carboxylic acids is 1. The highest BCUT2D eigenvalue weighted by Gasteiger charge is 2.14. The number of hydrogen-bond acceptors (Lipinski definition) is 3. The molecule has 0 rings (SSSR count). The first kappa shape index (κ1) is 16.9. The molecule has 2 atom stereocenters. The number of aliphatic hydroxyl groups excluding tert-OH is 2. The van der Waals surface area contributed by atoms with E-state index in [0.717, 1.165) is 12.8 Å². The Kier molecular flexibility index (Phi) is 10.3. The molecule has 0 radical (unpaired) electrons. The Hall–Kier alpha value is -1.13. The van der Waals surface area contributed by atoms with E-state index in [4.69, 9.17) is 5.11 Å².